The Morgan fingerprint density at radius 2 is 1.94 bits per heavy atom. The number of hydrogen-bond acceptors (Lipinski definition) is 2. The number of rotatable bonds is 1. The molecule has 0 aliphatic carbocycles. The molecule has 0 radical (unpaired) electrons. The second kappa shape index (κ2) is 3.99. The van der Waals surface area contributed by atoms with E-state index in [-0.39, 0.29) is 0 Å². The molecule has 0 fully saturated rings. The minimum atomic E-state index is 0.537. The van der Waals surface area contributed by atoms with Gasteiger partial charge in [0.25, 0.3) is 0 Å². The van der Waals surface area contributed by atoms with Crippen LogP contribution in [0, 0.1) is 6.92 Å². The molecule has 88 valence electrons. The number of nitrogens with zero attached hydrogens (tertiary/aromatic N) is 3. The topological polar surface area (TPSA) is 30.7 Å². The van der Waals surface area contributed by atoms with Gasteiger partial charge in [0, 0.05) is 18.0 Å². The van der Waals surface area contributed by atoms with Crippen molar-refractivity contribution >= 4 is 0 Å². The van der Waals surface area contributed by atoms with Gasteiger partial charge >= 0.3 is 0 Å². The molecule has 1 unspecified atom stereocenters. The molecule has 3 heteroatoms. The summed E-state index contributed by atoms with van der Waals surface area (Å²) in [4.78, 5) is 0. The Morgan fingerprint density at radius 1 is 1.18 bits per heavy atom. The van der Waals surface area contributed by atoms with E-state index in [0.29, 0.717) is 5.92 Å². The van der Waals surface area contributed by atoms with Crippen molar-refractivity contribution in [2.45, 2.75) is 39.2 Å². The fraction of sp³-hybridized carbons (Fsp3) is 0.429. The lowest BCUT2D eigenvalue weighted by Crippen LogP contribution is -2.14. The zero-order valence-electron chi connectivity index (χ0n) is 10.3. The van der Waals surface area contributed by atoms with Crippen molar-refractivity contribution in [3.05, 3.63) is 35.7 Å². The minimum absolute atomic E-state index is 0.537. The Balaban J connectivity index is 2.07. The van der Waals surface area contributed by atoms with Crippen molar-refractivity contribution in [1.29, 1.82) is 0 Å². The zero-order valence-corrected chi connectivity index (χ0v) is 10.3. The Labute approximate surface area is 101 Å². The third-order valence-electron chi connectivity index (χ3n) is 3.55. The van der Waals surface area contributed by atoms with E-state index in [9.17, 15) is 0 Å². The van der Waals surface area contributed by atoms with Gasteiger partial charge in [-0.25, -0.2) is 0 Å². The van der Waals surface area contributed by atoms with E-state index in [1.54, 1.807) is 0 Å². The Morgan fingerprint density at radius 3 is 2.71 bits per heavy atom. The fourth-order valence-electron chi connectivity index (χ4n) is 2.50. The fourth-order valence-corrected chi connectivity index (χ4v) is 2.50. The van der Waals surface area contributed by atoms with Gasteiger partial charge in [-0.05, 0) is 19.8 Å². The molecule has 2 heterocycles. The monoisotopic (exact) mass is 227 g/mol. The third kappa shape index (κ3) is 1.75. The largest absolute Gasteiger partial charge is 0.311 e. The van der Waals surface area contributed by atoms with Gasteiger partial charge in [-0.2, -0.15) is 0 Å². The number of hydrogen-bond donors (Lipinski definition) is 0. The third-order valence-corrected chi connectivity index (χ3v) is 3.55. The normalized spacial score (nSPS) is 19.1. The second-order valence-electron chi connectivity index (χ2n) is 4.94. The van der Waals surface area contributed by atoms with Gasteiger partial charge < -0.3 is 4.57 Å². The van der Waals surface area contributed by atoms with E-state index in [0.717, 1.165) is 18.2 Å². The van der Waals surface area contributed by atoms with Gasteiger partial charge in [-0.15, -0.1) is 10.2 Å². The predicted octanol–water partition coefficient (Wildman–Crippen LogP) is 3.15. The van der Waals surface area contributed by atoms with E-state index in [4.69, 9.17) is 0 Å². The SMILES string of the molecule is Cc1ccc(-c2nnc3n2CCCC3C)cc1. The first-order valence-electron chi connectivity index (χ1n) is 6.26. The maximum absolute atomic E-state index is 4.36. The molecule has 0 saturated carbocycles. The average molecular weight is 227 g/mol. The molecule has 0 amide bonds. The molecule has 3 nitrogen and oxygen atoms in total. The van der Waals surface area contributed by atoms with Crippen LogP contribution in [0.15, 0.2) is 24.3 Å². The lowest BCUT2D eigenvalue weighted by Gasteiger charge is -2.20. The molecule has 17 heavy (non-hydrogen) atoms. The zero-order chi connectivity index (χ0) is 11.8. The summed E-state index contributed by atoms with van der Waals surface area (Å²) in [5, 5.41) is 8.71. The maximum atomic E-state index is 4.36. The van der Waals surface area contributed by atoms with Crippen LogP contribution in [0.4, 0.5) is 0 Å². The summed E-state index contributed by atoms with van der Waals surface area (Å²) in [6, 6.07) is 8.52. The molecule has 3 rings (SSSR count). The molecule has 1 aliphatic rings. The summed E-state index contributed by atoms with van der Waals surface area (Å²) in [6.45, 7) is 5.39. The Hall–Kier alpha value is -1.64. The van der Waals surface area contributed by atoms with Gasteiger partial charge in [0.2, 0.25) is 0 Å². The number of fused-ring (bicyclic) bond motifs is 1. The van der Waals surface area contributed by atoms with Gasteiger partial charge in [-0.3, -0.25) is 0 Å². The molecule has 1 aromatic carbocycles. The smallest absolute Gasteiger partial charge is 0.163 e. The van der Waals surface area contributed by atoms with Crippen LogP contribution in [0.5, 0.6) is 0 Å². The van der Waals surface area contributed by atoms with Crippen LogP contribution in [-0.4, -0.2) is 14.8 Å². The van der Waals surface area contributed by atoms with Gasteiger partial charge in [0.15, 0.2) is 5.82 Å². The first-order chi connectivity index (χ1) is 8.25. The Bertz CT molecular complexity index is 525. The molecule has 0 spiro atoms. The van der Waals surface area contributed by atoms with Crippen molar-refractivity contribution in [3.63, 3.8) is 0 Å². The van der Waals surface area contributed by atoms with Crippen molar-refractivity contribution in [2.75, 3.05) is 0 Å². The van der Waals surface area contributed by atoms with Crippen LogP contribution in [0.3, 0.4) is 0 Å². The van der Waals surface area contributed by atoms with Crippen LogP contribution < -0.4 is 0 Å². The first-order valence-corrected chi connectivity index (χ1v) is 6.26. The van der Waals surface area contributed by atoms with Crippen LogP contribution in [0.25, 0.3) is 11.4 Å². The summed E-state index contributed by atoms with van der Waals surface area (Å²) < 4.78 is 2.28. The van der Waals surface area contributed by atoms with E-state index in [1.165, 1.54) is 24.0 Å². The summed E-state index contributed by atoms with van der Waals surface area (Å²) in [5.41, 5.74) is 2.45. The highest BCUT2D eigenvalue weighted by atomic mass is 15.3. The van der Waals surface area contributed by atoms with Crippen molar-refractivity contribution in [3.8, 4) is 11.4 Å². The molecular formula is C14H17N3. The molecule has 0 saturated heterocycles. The Kier molecular flexibility index (Phi) is 2.46. The summed E-state index contributed by atoms with van der Waals surface area (Å²) in [5.74, 6) is 2.70. The van der Waals surface area contributed by atoms with Crippen molar-refractivity contribution < 1.29 is 0 Å². The summed E-state index contributed by atoms with van der Waals surface area (Å²) in [7, 11) is 0. The molecule has 0 N–H and O–H groups in total. The standard InChI is InChI=1S/C14H17N3/c1-10-5-7-12(8-6-10)14-16-15-13-11(2)4-3-9-17(13)14/h5-8,11H,3-4,9H2,1-2H3. The summed E-state index contributed by atoms with van der Waals surface area (Å²) >= 11 is 0. The quantitative estimate of drug-likeness (QED) is 0.749. The molecule has 1 atom stereocenters. The van der Waals surface area contributed by atoms with Crippen LogP contribution in [-0.2, 0) is 6.54 Å². The molecule has 0 bridgehead atoms. The number of aromatic nitrogens is 3. The van der Waals surface area contributed by atoms with Gasteiger partial charge in [-0.1, -0.05) is 36.8 Å². The highest BCUT2D eigenvalue weighted by Gasteiger charge is 2.22. The van der Waals surface area contributed by atoms with Crippen molar-refractivity contribution in [1.82, 2.24) is 14.8 Å². The highest BCUT2D eigenvalue weighted by molar-refractivity contribution is 5.56. The van der Waals surface area contributed by atoms with E-state index in [1.807, 2.05) is 0 Å². The van der Waals surface area contributed by atoms with Crippen LogP contribution >= 0.6 is 0 Å². The van der Waals surface area contributed by atoms with Crippen LogP contribution in [0.1, 0.15) is 37.1 Å². The highest BCUT2D eigenvalue weighted by Crippen LogP contribution is 2.29. The van der Waals surface area contributed by atoms with Gasteiger partial charge in [0.1, 0.15) is 5.82 Å². The summed E-state index contributed by atoms with van der Waals surface area (Å²) in [6.07, 6.45) is 2.46. The average Bonchev–Trinajstić information content (AvgIpc) is 2.75. The van der Waals surface area contributed by atoms with Crippen LogP contribution in [0.2, 0.25) is 0 Å². The lowest BCUT2D eigenvalue weighted by atomic mass is 10.0. The molecule has 1 aromatic heterocycles. The number of benzene rings is 1. The van der Waals surface area contributed by atoms with Gasteiger partial charge in [0.05, 0.1) is 0 Å². The number of aryl methyl sites for hydroxylation is 1. The second-order valence-corrected chi connectivity index (χ2v) is 4.94. The maximum Gasteiger partial charge on any atom is 0.163 e. The van der Waals surface area contributed by atoms with E-state index >= 15 is 0 Å². The molecule has 1 aliphatic heterocycles. The van der Waals surface area contributed by atoms with E-state index < -0.39 is 0 Å². The molecular weight excluding hydrogens is 210 g/mol. The minimum Gasteiger partial charge on any atom is -0.311 e. The molecule has 2 aromatic rings. The first kappa shape index (κ1) is 10.5. The van der Waals surface area contributed by atoms with E-state index in [2.05, 4.69) is 52.9 Å². The van der Waals surface area contributed by atoms with Crippen molar-refractivity contribution in [2.24, 2.45) is 0 Å². The lowest BCUT2D eigenvalue weighted by molar-refractivity contribution is 0.466. The predicted molar refractivity (Wildman–Crippen MR) is 67.8 cm³/mol.